The summed E-state index contributed by atoms with van der Waals surface area (Å²) in [6.07, 6.45) is -3.19. The molecule has 38 heavy (non-hydrogen) atoms. The van der Waals surface area contributed by atoms with Crippen LogP contribution in [-0.2, 0) is 26.1 Å². The summed E-state index contributed by atoms with van der Waals surface area (Å²) < 4.78 is 64.5. The minimum absolute atomic E-state index is 0.320. The number of likely N-dealkylation sites (N-methyl/N-ethyl adjacent to an activating group) is 1. The number of ether oxygens (including phenoxy) is 1. The van der Waals surface area contributed by atoms with Crippen LogP contribution in [0.5, 0.6) is 0 Å². The van der Waals surface area contributed by atoms with Gasteiger partial charge in [-0.25, -0.2) is 18.2 Å². The summed E-state index contributed by atoms with van der Waals surface area (Å²) in [6.45, 7) is 2.34. The Bertz CT molecular complexity index is 1470. The van der Waals surface area contributed by atoms with E-state index < -0.39 is 22.2 Å². The first-order valence-corrected chi connectivity index (χ1v) is 14.0. The van der Waals surface area contributed by atoms with E-state index in [4.69, 9.17) is 14.6 Å². The number of rotatable bonds is 9. The number of thiazole rings is 1. The number of halogens is 3. The lowest BCUT2D eigenvalue weighted by Crippen LogP contribution is -2.26. The molecular formula is C23H25F3N4O5S3. The van der Waals surface area contributed by atoms with Gasteiger partial charge in [0.05, 0.1) is 23.5 Å². The molecule has 15 heteroatoms. The van der Waals surface area contributed by atoms with Gasteiger partial charge in [-0.1, -0.05) is 18.2 Å². The molecule has 0 aliphatic heterocycles. The third-order valence-electron chi connectivity index (χ3n) is 5.21. The summed E-state index contributed by atoms with van der Waals surface area (Å²) in [5.41, 5.74) is 2.25. The smallest absolute Gasteiger partial charge is 0.475 e. The monoisotopic (exact) mass is 590 g/mol. The van der Waals surface area contributed by atoms with Crippen molar-refractivity contribution < 1.29 is 36.2 Å². The van der Waals surface area contributed by atoms with E-state index in [0.29, 0.717) is 16.5 Å². The largest absolute Gasteiger partial charge is 0.490 e. The van der Waals surface area contributed by atoms with Gasteiger partial charge in [0.25, 0.3) is 10.0 Å². The second kappa shape index (κ2) is 12.3. The van der Waals surface area contributed by atoms with Gasteiger partial charge in [0.1, 0.15) is 9.22 Å². The van der Waals surface area contributed by atoms with Gasteiger partial charge in [0.2, 0.25) is 0 Å². The number of aliphatic carboxylic acids is 1. The normalized spacial score (nSPS) is 12.0. The zero-order valence-corrected chi connectivity index (χ0v) is 23.0. The van der Waals surface area contributed by atoms with Gasteiger partial charge in [-0.2, -0.15) is 13.2 Å². The third-order valence-corrected chi connectivity index (χ3v) is 9.37. The lowest BCUT2D eigenvalue weighted by Gasteiger charge is -2.19. The van der Waals surface area contributed by atoms with E-state index in [0.717, 1.165) is 39.6 Å². The Hall–Kier alpha value is -2.98. The van der Waals surface area contributed by atoms with Crippen molar-refractivity contribution in [3.8, 4) is 10.7 Å². The number of anilines is 1. The van der Waals surface area contributed by atoms with Crippen LogP contribution in [0.2, 0.25) is 0 Å². The fraction of sp³-hybridized carbons (Fsp3) is 0.304. The molecule has 0 saturated carbocycles. The molecule has 0 aliphatic rings. The van der Waals surface area contributed by atoms with Gasteiger partial charge in [-0.05, 0) is 30.6 Å². The molecule has 1 aromatic carbocycles. The number of fused-ring (bicyclic) bond motifs is 1. The molecule has 0 spiro atoms. The number of sulfonamides is 1. The predicted octanol–water partition coefficient (Wildman–Crippen LogP) is 4.89. The maximum atomic E-state index is 13.0. The van der Waals surface area contributed by atoms with Crippen LogP contribution in [0, 0.1) is 0 Å². The van der Waals surface area contributed by atoms with Gasteiger partial charge in [-0.3, -0.25) is 9.21 Å². The quantitative estimate of drug-likeness (QED) is 0.285. The van der Waals surface area contributed by atoms with Crippen LogP contribution in [0.4, 0.5) is 18.9 Å². The number of nitrogens with zero attached hydrogens (tertiary/aromatic N) is 3. The summed E-state index contributed by atoms with van der Waals surface area (Å²) >= 11 is 2.84. The summed E-state index contributed by atoms with van der Waals surface area (Å²) in [5.74, 6) is -2.76. The van der Waals surface area contributed by atoms with Gasteiger partial charge >= 0.3 is 12.1 Å². The molecule has 0 atom stereocenters. The SMILES string of the molecule is COCCN(C)Cc1cnc(-c2cc3cccc(N(C)S(=O)(=O)c4cccs4)c3[nH]2)s1.O=C(O)C(F)(F)F. The number of carbonyl (C=O) groups is 1. The number of nitrogens with one attached hydrogen (secondary N) is 1. The summed E-state index contributed by atoms with van der Waals surface area (Å²) in [4.78, 5) is 20.2. The van der Waals surface area contributed by atoms with Crippen molar-refractivity contribution in [3.63, 3.8) is 0 Å². The van der Waals surface area contributed by atoms with E-state index in [2.05, 4.69) is 21.9 Å². The first-order chi connectivity index (χ1) is 17.8. The molecule has 3 heterocycles. The topological polar surface area (TPSA) is 116 Å². The number of hydrogen-bond acceptors (Lipinski definition) is 8. The van der Waals surface area contributed by atoms with Crippen molar-refractivity contribution in [1.82, 2.24) is 14.9 Å². The molecular weight excluding hydrogens is 565 g/mol. The Labute approximate surface area is 225 Å². The standard InChI is InChI=1S/C21H24N4O3S3.C2HF3O2/c1-24(9-10-28-3)14-16-13-22-21(30-16)17-12-15-6-4-7-18(20(15)23-17)25(2)31(26,27)19-8-5-11-29-19;3-2(4,5)1(6)7/h4-8,11-13,23H,9-10,14H2,1-3H3;(H,6,7). The molecule has 0 saturated heterocycles. The fourth-order valence-electron chi connectivity index (χ4n) is 3.29. The highest BCUT2D eigenvalue weighted by atomic mass is 32.2. The first kappa shape index (κ1) is 29.6. The van der Waals surface area contributed by atoms with E-state index in [1.165, 1.54) is 15.6 Å². The number of aromatic amines is 1. The van der Waals surface area contributed by atoms with Crippen molar-refractivity contribution >= 4 is 55.3 Å². The lowest BCUT2D eigenvalue weighted by atomic mass is 10.2. The van der Waals surface area contributed by atoms with Gasteiger partial charge in [0.15, 0.2) is 0 Å². The maximum absolute atomic E-state index is 13.0. The van der Waals surface area contributed by atoms with Crippen LogP contribution < -0.4 is 4.31 Å². The highest BCUT2D eigenvalue weighted by molar-refractivity contribution is 7.94. The lowest BCUT2D eigenvalue weighted by molar-refractivity contribution is -0.192. The number of benzene rings is 1. The number of alkyl halides is 3. The van der Waals surface area contributed by atoms with Crippen LogP contribution in [0.15, 0.2) is 52.2 Å². The number of carboxylic acid groups (broad SMARTS) is 1. The molecule has 0 radical (unpaired) electrons. The fourth-order valence-corrected chi connectivity index (χ4v) is 6.62. The molecule has 3 aromatic heterocycles. The second-order valence-corrected chi connectivity index (χ2v) is 12.3. The molecule has 2 N–H and O–H groups in total. The Kier molecular flexibility index (Phi) is 9.54. The minimum atomic E-state index is -5.08. The highest BCUT2D eigenvalue weighted by Gasteiger charge is 2.38. The summed E-state index contributed by atoms with van der Waals surface area (Å²) in [7, 11) is 1.73. The number of aromatic nitrogens is 2. The van der Waals surface area contributed by atoms with E-state index in [9.17, 15) is 21.6 Å². The van der Waals surface area contributed by atoms with E-state index in [1.54, 1.807) is 43.0 Å². The molecule has 0 unspecified atom stereocenters. The van der Waals surface area contributed by atoms with Crippen LogP contribution in [-0.4, -0.2) is 74.9 Å². The number of carboxylic acids is 1. The van der Waals surface area contributed by atoms with Crippen LogP contribution in [0.1, 0.15) is 4.88 Å². The second-order valence-electron chi connectivity index (χ2n) is 7.99. The van der Waals surface area contributed by atoms with Crippen molar-refractivity contribution in [2.24, 2.45) is 0 Å². The minimum Gasteiger partial charge on any atom is -0.475 e. The molecule has 4 rings (SSSR count). The van der Waals surface area contributed by atoms with E-state index in [-0.39, 0.29) is 0 Å². The average Bonchev–Trinajstić information content (AvgIpc) is 3.62. The molecule has 9 nitrogen and oxygen atoms in total. The van der Waals surface area contributed by atoms with Crippen molar-refractivity contribution in [3.05, 3.63) is 52.9 Å². The number of thiophene rings is 1. The maximum Gasteiger partial charge on any atom is 0.490 e. The van der Waals surface area contributed by atoms with Crippen LogP contribution in [0.25, 0.3) is 21.6 Å². The molecule has 0 bridgehead atoms. The number of para-hydroxylation sites is 1. The predicted molar refractivity (Wildman–Crippen MR) is 141 cm³/mol. The van der Waals surface area contributed by atoms with Gasteiger partial charge in [-0.15, -0.1) is 22.7 Å². The van der Waals surface area contributed by atoms with Crippen molar-refractivity contribution in [2.45, 2.75) is 16.9 Å². The summed E-state index contributed by atoms with van der Waals surface area (Å²) in [6, 6.07) is 11.0. The molecule has 206 valence electrons. The van der Waals surface area contributed by atoms with E-state index >= 15 is 0 Å². The Morgan fingerprint density at radius 1 is 1.21 bits per heavy atom. The number of hydrogen-bond donors (Lipinski definition) is 2. The Balaban J connectivity index is 0.000000505. The van der Waals surface area contributed by atoms with Crippen molar-refractivity contribution in [1.29, 1.82) is 0 Å². The first-order valence-electron chi connectivity index (χ1n) is 10.9. The van der Waals surface area contributed by atoms with Crippen LogP contribution >= 0.6 is 22.7 Å². The average molecular weight is 591 g/mol. The molecule has 0 aliphatic carbocycles. The van der Waals surface area contributed by atoms with Crippen LogP contribution in [0.3, 0.4) is 0 Å². The molecule has 0 fully saturated rings. The third kappa shape index (κ3) is 7.11. The Morgan fingerprint density at radius 3 is 2.53 bits per heavy atom. The zero-order valence-electron chi connectivity index (χ0n) is 20.5. The number of methoxy groups -OCH3 is 1. The zero-order chi connectivity index (χ0) is 28.1. The summed E-state index contributed by atoms with van der Waals surface area (Å²) in [5, 5.41) is 10.7. The van der Waals surface area contributed by atoms with E-state index in [1.807, 2.05) is 30.5 Å². The van der Waals surface area contributed by atoms with Gasteiger partial charge in [0, 0.05) is 43.7 Å². The molecule has 4 aromatic rings. The van der Waals surface area contributed by atoms with Crippen molar-refractivity contribution in [2.75, 3.05) is 38.7 Å². The van der Waals surface area contributed by atoms with Gasteiger partial charge < -0.3 is 14.8 Å². The highest BCUT2D eigenvalue weighted by Crippen LogP contribution is 2.34. The molecule has 0 amide bonds. The Morgan fingerprint density at radius 2 is 1.92 bits per heavy atom. The number of H-pyrrole nitrogens is 1.